The van der Waals surface area contributed by atoms with Crippen LogP contribution < -0.4 is 10.1 Å². The van der Waals surface area contributed by atoms with Crippen molar-refractivity contribution in [3.8, 4) is 5.75 Å². The van der Waals surface area contributed by atoms with Crippen LogP contribution in [-0.4, -0.2) is 22.6 Å². The molecule has 152 valence electrons. The van der Waals surface area contributed by atoms with Crippen LogP contribution in [0.15, 0.2) is 24.3 Å². The van der Waals surface area contributed by atoms with Gasteiger partial charge in [0.15, 0.2) is 0 Å². The molecule has 2 heterocycles. The Kier molecular flexibility index (Phi) is 5.21. The fraction of sp³-hybridized carbons (Fsp3) is 0.364. The van der Waals surface area contributed by atoms with E-state index in [-0.39, 0.29) is 5.91 Å². The van der Waals surface area contributed by atoms with E-state index in [0.717, 1.165) is 40.6 Å². The Morgan fingerprint density at radius 2 is 1.97 bits per heavy atom. The number of carbonyl (C=O) groups is 1. The second-order valence-corrected chi connectivity index (χ2v) is 8.23. The van der Waals surface area contributed by atoms with Crippen LogP contribution in [-0.2, 0) is 4.79 Å². The molecule has 0 radical (unpaired) electrons. The second kappa shape index (κ2) is 7.54. The normalized spacial score (nSPS) is 15.8. The van der Waals surface area contributed by atoms with Crippen LogP contribution >= 0.6 is 23.2 Å². The van der Waals surface area contributed by atoms with Gasteiger partial charge in [-0.1, -0.05) is 43.1 Å². The number of carbonyl (C=O) groups excluding carboxylic acids is 1. The van der Waals surface area contributed by atoms with Crippen molar-refractivity contribution in [3.05, 3.63) is 51.0 Å². The second-order valence-electron chi connectivity index (χ2n) is 7.38. The number of fused-ring (bicyclic) bond motifs is 3. The number of aromatic nitrogens is 2. The summed E-state index contributed by atoms with van der Waals surface area (Å²) in [6.45, 7) is 6.27. The van der Waals surface area contributed by atoms with Crippen LogP contribution in [0.2, 0.25) is 10.0 Å². The van der Waals surface area contributed by atoms with Crippen LogP contribution in [0.3, 0.4) is 0 Å². The van der Waals surface area contributed by atoms with Crippen molar-refractivity contribution < 1.29 is 9.53 Å². The van der Waals surface area contributed by atoms with Gasteiger partial charge in [0.1, 0.15) is 11.8 Å². The summed E-state index contributed by atoms with van der Waals surface area (Å²) in [5, 5.41) is 4.05. The summed E-state index contributed by atoms with van der Waals surface area (Å²) in [7, 11) is 1.58. The van der Waals surface area contributed by atoms with E-state index in [0.29, 0.717) is 27.7 Å². The number of imidazole rings is 1. The molecule has 3 aromatic rings. The van der Waals surface area contributed by atoms with Crippen molar-refractivity contribution in [3.63, 3.8) is 0 Å². The Balaban J connectivity index is 2.01. The van der Waals surface area contributed by atoms with Gasteiger partial charge in [-0.2, -0.15) is 0 Å². The highest BCUT2D eigenvalue weighted by molar-refractivity contribution is 6.35. The topological polar surface area (TPSA) is 56.2 Å². The molecule has 7 heteroatoms. The van der Waals surface area contributed by atoms with Crippen LogP contribution in [0.25, 0.3) is 11.0 Å². The largest absolute Gasteiger partial charge is 0.496 e. The quantitative estimate of drug-likeness (QED) is 0.530. The van der Waals surface area contributed by atoms with E-state index in [4.69, 9.17) is 32.9 Å². The van der Waals surface area contributed by atoms with E-state index in [2.05, 4.69) is 25.2 Å². The Labute approximate surface area is 180 Å². The van der Waals surface area contributed by atoms with Gasteiger partial charge in [-0.15, -0.1) is 0 Å². The maximum absolute atomic E-state index is 13.0. The van der Waals surface area contributed by atoms with Gasteiger partial charge in [0.2, 0.25) is 5.95 Å². The fourth-order valence-corrected chi connectivity index (χ4v) is 4.89. The van der Waals surface area contributed by atoms with Crippen molar-refractivity contribution >= 4 is 46.1 Å². The number of hydrogen-bond donors (Lipinski definition) is 1. The Bertz CT molecular complexity index is 1120. The molecule has 1 unspecified atom stereocenters. The zero-order valence-corrected chi connectivity index (χ0v) is 18.4. The number of halogens is 2. The first-order valence-corrected chi connectivity index (χ1v) is 10.5. The highest BCUT2D eigenvalue weighted by atomic mass is 35.5. The van der Waals surface area contributed by atoms with Crippen LogP contribution in [0.5, 0.6) is 5.75 Å². The minimum absolute atomic E-state index is 0.165. The fourth-order valence-electron chi connectivity index (χ4n) is 4.38. The number of nitrogens with one attached hydrogen (secondary N) is 1. The molecule has 1 aliphatic heterocycles. The number of nitrogens with zero attached hydrogens (tertiary/aromatic N) is 2. The summed E-state index contributed by atoms with van der Waals surface area (Å²) in [5.74, 6) is 1.29. The molecular weight excluding hydrogens is 409 g/mol. The SMILES string of the molecule is CCC(CC)c1ccc(Cl)c2c1nc1n2C(c2c(C)cc(Cl)cc2OC)C(=O)N1. The predicted molar refractivity (Wildman–Crippen MR) is 118 cm³/mol. The summed E-state index contributed by atoms with van der Waals surface area (Å²) in [4.78, 5) is 17.8. The minimum Gasteiger partial charge on any atom is -0.496 e. The number of aryl methyl sites for hydroxylation is 1. The molecule has 1 amide bonds. The van der Waals surface area contributed by atoms with E-state index in [1.807, 2.05) is 23.6 Å². The van der Waals surface area contributed by atoms with Crippen LogP contribution in [0.1, 0.15) is 55.3 Å². The third-order valence-electron chi connectivity index (χ3n) is 5.79. The average molecular weight is 432 g/mol. The van der Waals surface area contributed by atoms with Gasteiger partial charge >= 0.3 is 0 Å². The molecule has 5 nitrogen and oxygen atoms in total. The number of rotatable bonds is 5. The van der Waals surface area contributed by atoms with Crippen molar-refractivity contribution in [1.29, 1.82) is 0 Å². The van der Waals surface area contributed by atoms with Gasteiger partial charge in [-0.05, 0) is 55.0 Å². The number of benzene rings is 2. The minimum atomic E-state index is -0.628. The monoisotopic (exact) mass is 431 g/mol. The number of methoxy groups -OCH3 is 1. The Morgan fingerprint density at radius 1 is 1.24 bits per heavy atom. The molecule has 1 atom stereocenters. The van der Waals surface area contributed by atoms with E-state index >= 15 is 0 Å². The van der Waals surface area contributed by atoms with Gasteiger partial charge in [0, 0.05) is 10.6 Å². The standard InChI is InChI=1S/C22H23Cl2N3O2/c1-5-12(6-2)14-7-8-15(24)19-18(14)25-22-26-21(28)20(27(19)22)17-11(3)9-13(23)10-16(17)29-4/h7-10,12,20H,5-6H2,1-4H3,(H,25,26,28). The highest BCUT2D eigenvalue weighted by Crippen LogP contribution is 2.44. The molecule has 4 rings (SSSR count). The molecule has 1 aliphatic rings. The van der Waals surface area contributed by atoms with E-state index in [9.17, 15) is 4.79 Å². The lowest BCUT2D eigenvalue weighted by Crippen LogP contribution is -2.19. The Morgan fingerprint density at radius 3 is 2.62 bits per heavy atom. The Hall–Kier alpha value is -2.24. The molecule has 0 saturated heterocycles. The third kappa shape index (κ3) is 3.08. The zero-order chi connectivity index (χ0) is 20.9. The van der Waals surface area contributed by atoms with Crippen LogP contribution in [0, 0.1) is 6.92 Å². The van der Waals surface area contributed by atoms with Gasteiger partial charge in [0.05, 0.1) is 23.2 Å². The number of ether oxygens (including phenoxy) is 1. The smallest absolute Gasteiger partial charge is 0.254 e. The maximum atomic E-state index is 13.0. The van der Waals surface area contributed by atoms with E-state index < -0.39 is 6.04 Å². The average Bonchev–Trinajstić information content (AvgIpc) is 3.19. The van der Waals surface area contributed by atoms with Gasteiger partial charge < -0.3 is 4.74 Å². The van der Waals surface area contributed by atoms with Gasteiger partial charge in [-0.3, -0.25) is 14.7 Å². The van der Waals surface area contributed by atoms with Crippen molar-refractivity contribution in [2.24, 2.45) is 0 Å². The molecular formula is C22H23Cl2N3O2. The first-order chi connectivity index (χ1) is 13.9. The molecule has 0 spiro atoms. The summed E-state index contributed by atoms with van der Waals surface area (Å²) in [6.07, 6.45) is 2.02. The summed E-state index contributed by atoms with van der Waals surface area (Å²) >= 11 is 12.8. The summed E-state index contributed by atoms with van der Waals surface area (Å²) in [6, 6.07) is 6.89. The third-order valence-corrected chi connectivity index (χ3v) is 6.32. The molecule has 1 N–H and O–H groups in total. The lowest BCUT2D eigenvalue weighted by atomic mass is 9.92. The molecule has 0 fully saturated rings. The molecule has 29 heavy (non-hydrogen) atoms. The molecule has 1 aromatic heterocycles. The molecule has 0 bridgehead atoms. The van der Waals surface area contributed by atoms with E-state index in [1.54, 1.807) is 13.2 Å². The van der Waals surface area contributed by atoms with Crippen molar-refractivity contribution in [1.82, 2.24) is 9.55 Å². The lowest BCUT2D eigenvalue weighted by Gasteiger charge is -2.20. The predicted octanol–water partition coefficient (Wildman–Crippen LogP) is 6.11. The van der Waals surface area contributed by atoms with Crippen molar-refractivity contribution in [2.45, 2.75) is 45.6 Å². The number of amides is 1. The van der Waals surface area contributed by atoms with E-state index in [1.165, 1.54) is 0 Å². The molecule has 0 aliphatic carbocycles. The maximum Gasteiger partial charge on any atom is 0.254 e. The van der Waals surface area contributed by atoms with Crippen molar-refractivity contribution in [2.75, 3.05) is 12.4 Å². The first-order valence-electron chi connectivity index (χ1n) is 9.76. The molecule has 0 saturated carbocycles. The van der Waals surface area contributed by atoms with Gasteiger partial charge in [0.25, 0.3) is 5.91 Å². The van der Waals surface area contributed by atoms with Crippen LogP contribution in [0.4, 0.5) is 5.95 Å². The molecule has 2 aromatic carbocycles. The summed E-state index contributed by atoms with van der Waals surface area (Å²) in [5.41, 5.74) is 4.40. The number of hydrogen-bond acceptors (Lipinski definition) is 3. The lowest BCUT2D eigenvalue weighted by molar-refractivity contribution is -0.117. The first kappa shape index (κ1) is 20.0. The number of anilines is 1. The highest BCUT2D eigenvalue weighted by Gasteiger charge is 2.38. The van der Waals surface area contributed by atoms with Gasteiger partial charge in [-0.25, -0.2) is 4.98 Å². The zero-order valence-electron chi connectivity index (χ0n) is 16.8. The summed E-state index contributed by atoms with van der Waals surface area (Å²) < 4.78 is 7.46.